The minimum Gasteiger partial charge on any atom is -0.431 e. The first-order chi connectivity index (χ1) is 13.7. The van der Waals surface area contributed by atoms with Crippen LogP contribution in [0.1, 0.15) is 12.7 Å². The molecule has 3 heterocycles. The number of nitrogens with zero attached hydrogens (tertiary/aromatic N) is 5. The summed E-state index contributed by atoms with van der Waals surface area (Å²) in [5, 5.41) is 10.4. The number of hydrogen-bond donors (Lipinski definition) is 0. The molecule has 0 saturated carbocycles. The zero-order valence-corrected chi connectivity index (χ0v) is 16.4. The SMILES string of the molecule is CCn1c(=O)c2ccccc2n2c(CSc3nc4ccc(Cl)cc4o3)nnc12. The van der Waals surface area contributed by atoms with Gasteiger partial charge in [-0.05, 0) is 31.2 Å². The Hall–Kier alpha value is -2.84. The first kappa shape index (κ1) is 17.3. The van der Waals surface area contributed by atoms with Crippen molar-refractivity contribution in [3.8, 4) is 0 Å². The maximum atomic E-state index is 12.7. The van der Waals surface area contributed by atoms with E-state index in [1.54, 1.807) is 16.7 Å². The largest absolute Gasteiger partial charge is 0.431 e. The van der Waals surface area contributed by atoms with Gasteiger partial charge in [0.1, 0.15) is 11.3 Å². The summed E-state index contributed by atoms with van der Waals surface area (Å²) in [7, 11) is 0. The summed E-state index contributed by atoms with van der Waals surface area (Å²) in [4.78, 5) is 17.2. The fourth-order valence-corrected chi connectivity index (χ4v) is 4.17. The lowest BCUT2D eigenvalue weighted by Gasteiger charge is -2.09. The van der Waals surface area contributed by atoms with Crippen molar-refractivity contribution in [1.29, 1.82) is 0 Å². The molecule has 7 nitrogen and oxygen atoms in total. The molecule has 3 aromatic heterocycles. The van der Waals surface area contributed by atoms with E-state index in [2.05, 4.69) is 15.2 Å². The highest BCUT2D eigenvalue weighted by Crippen LogP contribution is 2.28. The van der Waals surface area contributed by atoms with Gasteiger partial charge in [0.05, 0.1) is 16.7 Å². The van der Waals surface area contributed by atoms with Gasteiger partial charge in [-0.3, -0.25) is 13.8 Å². The van der Waals surface area contributed by atoms with Crippen LogP contribution in [0.25, 0.3) is 27.8 Å². The third kappa shape index (κ3) is 2.68. The normalized spacial score (nSPS) is 11.8. The number of hydrogen-bond acceptors (Lipinski definition) is 6. The van der Waals surface area contributed by atoms with Gasteiger partial charge in [0.2, 0.25) is 5.78 Å². The Morgan fingerprint density at radius 2 is 2.04 bits per heavy atom. The van der Waals surface area contributed by atoms with Crippen molar-refractivity contribution in [3.63, 3.8) is 0 Å². The molecular formula is C19H14ClN5O2S. The van der Waals surface area contributed by atoms with Crippen molar-refractivity contribution in [1.82, 2.24) is 24.1 Å². The Morgan fingerprint density at radius 1 is 1.18 bits per heavy atom. The molecule has 2 aromatic carbocycles. The second-order valence-corrected chi connectivity index (χ2v) is 7.56. The quantitative estimate of drug-likeness (QED) is 0.413. The minimum absolute atomic E-state index is 0.0620. The van der Waals surface area contributed by atoms with Gasteiger partial charge in [0, 0.05) is 17.6 Å². The van der Waals surface area contributed by atoms with E-state index in [4.69, 9.17) is 16.0 Å². The fraction of sp³-hybridized carbons (Fsp3) is 0.158. The van der Waals surface area contributed by atoms with Gasteiger partial charge in [-0.15, -0.1) is 10.2 Å². The number of fused-ring (bicyclic) bond motifs is 4. The molecule has 5 aromatic rings. The van der Waals surface area contributed by atoms with Crippen LogP contribution in [-0.4, -0.2) is 24.1 Å². The lowest BCUT2D eigenvalue weighted by atomic mass is 10.2. The number of thioether (sulfide) groups is 1. The third-order valence-corrected chi connectivity index (χ3v) is 5.61. The lowest BCUT2D eigenvalue weighted by molar-refractivity contribution is 0.489. The highest BCUT2D eigenvalue weighted by atomic mass is 35.5. The van der Waals surface area contributed by atoms with E-state index in [0.717, 1.165) is 16.9 Å². The second-order valence-electron chi connectivity index (χ2n) is 6.20. The van der Waals surface area contributed by atoms with Crippen molar-refractivity contribution in [2.24, 2.45) is 0 Å². The Bertz CT molecular complexity index is 1400. The molecule has 9 heteroatoms. The summed E-state index contributed by atoms with van der Waals surface area (Å²) in [6.45, 7) is 2.44. The van der Waals surface area contributed by atoms with Crippen LogP contribution in [0, 0.1) is 0 Å². The van der Waals surface area contributed by atoms with E-state index in [-0.39, 0.29) is 5.56 Å². The molecule has 0 atom stereocenters. The number of para-hydroxylation sites is 1. The average Bonchev–Trinajstić information content (AvgIpc) is 3.30. The van der Waals surface area contributed by atoms with Crippen molar-refractivity contribution in [2.75, 3.05) is 0 Å². The maximum absolute atomic E-state index is 12.7. The molecule has 0 N–H and O–H groups in total. The Labute approximate surface area is 168 Å². The number of benzene rings is 2. The molecule has 5 rings (SSSR count). The van der Waals surface area contributed by atoms with Crippen LogP contribution < -0.4 is 5.56 Å². The topological polar surface area (TPSA) is 78.2 Å². The second kappa shape index (κ2) is 6.65. The van der Waals surface area contributed by atoms with Crippen LogP contribution in [0.5, 0.6) is 0 Å². The van der Waals surface area contributed by atoms with E-state index in [1.165, 1.54) is 11.8 Å². The third-order valence-electron chi connectivity index (χ3n) is 4.55. The molecule has 0 spiro atoms. The van der Waals surface area contributed by atoms with Crippen LogP contribution >= 0.6 is 23.4 Å². The Morgan fingerprint density at radius 3 is 2.89 bits per heavy atom. The molecule has 0 radical (unpaired) electrons. The van der Waals surface area contributed by atoms with Gasteiger partial charge in [-0.1, -0.05) is 35.5 Å². The molecule has 0 bridgehead atoms. The van der Waals surface area contributed by atoms with E-state index < -0.39 is 0 Å². The molecule has 0 aliphatic carbocycles. The van der Waals surface area contributed by atoms with Gasteiger partial charge in [-0.25, -0.2) is 4.98 Å². The predicted octanol–water partition coefficient (Wildman–Crippen LogP) is 4.15. The lowest BCUT2D eigenvalue weighted by Crippen LogP contribution is -2.22. The van der Waals surface area contributed by atoms with E-state index in [1.807, 2.05) is 41.7 Å². The Kier molecular flexibility index (Phi) is 4.10. The van der Waals surface area contributed by atoms with Crippen molar-refractivity contribution >= 4 is 51.1 Å². The summed E-state index contributed by atoms with van der Waals surface area (Å²) in [6.07, 6.45) is 0. The van der Waals surface area contributed by atoms with Crippen LogP contribution in [-0.2, 0) is 12.3 Å². The van der Waals surface area contributed by atoms with Crippen molar-refractivity contribution in [3.05, 3.63) is 63.7 Å². The summed E-state index contributed by atoms with van der Waals surface area (Å²) < 4.78 is 9.32. The standard InChI is InChI=1S/C19H14ClN5O2S/c1-2-24-17(26)12-5-3-4-6-14(12)25-16(22-23-18(24)25)10-28-19-21-13-8-7-11(20)9-15(13)27-19/h3-9H,2,10H2,1H3. The maximum Gasteiger partial charge on any atom is 0.262 e. The number of oxazole rings is 1. The highest BCUT2D eigenvalue weighted by molar-refractivity contribution is 7.98. The van der Waals surface area contributed by atoms with Crippen molar-refractivity contribution < 1.29 is 4.42 Å². The molecule has 0 fully saturated rings. The average molecular weight is 412 g/mol. The van der Waals surface area contributed by atoms with Crippen LogP contribution in [0.2, 0.25) is 5.02 Å². The van der Waals surface area contributed by atoms with Gasteiger partial charge >= 0.3 is 0 Å². The highest BCUT2D eigenvalue weighted by Gasteiger charge is 2.16. The number of rotatable bonds is 4. The van der Waals surface area contributed by atoms with E-state index in [9.17, 15) is 4.79 Å². The summed E-state index contributed by atoms with van der Waals surface area (Å²) in [5.41, 5.74) is 2.12. The summed E-state index contributed by atoms with van der Waals surface area (Å²) in [6, 6.07) is 12.8. The summed E-state index contributed by atoms with van der Waals surface area (Å²) in [5.74, 6) is 1.75. The smallest absolute Gasteiger partial charge is 0.262 e. The summed E-state index contributed by atoms with van der Waals surface area (Å²) >= 11 is 7.42. The van der Waals surface area contributed by atoms with Gasteiger partial charge in [0.15, 0.2) is 5.58 Å². The monoisotopic (exact) mass is 411 g/mol. The predicted molar refractivity (Wildman–Crippen MR) is 109 cm³/mol. The number of halogens is 1. The van der Waals surface area contributed by atoms with Crippen LogP contribution in [0.15, 0.2) is 56.9 Å². The van der Waals surface area contributed by atoms with Crippen LogP contribution in [0.3, 0.4) is 0 Å². The van der Waals surface area contributed by atoms with E-state index in [0.29, 0.717) is 39.3 Å². The molecule has 0 amide bonds. The number of aromatic nitrogens is 5. The van der Waals surface area contributed by atoms with Gasteiger partial charge < -0.3 is 4.42 Å². The molecule has 0 aliphatic heterocycles. The first-order valence-electron chi connectivity index (χ1n) is 8.70. The molecular weight excluding hydrogens is 398 g/mol. The van der Waals surface area contributed by atoms with Crippen LogP contribution in [0.4, 0.5) is 0 Å². The van der Waals surface area contributed by atoms with Crippen molar-refractivity contribution in [2.45, 2.75) is 24.4 Å². The minimum atomic E-state index is -0.0620. The number of aryl methyl sites for hydroxylation is 1. The zero-order valence-electron chi connectivity index (χ0n) is 14.8. The molecule has 28 heavy (non-hydrogen) atoms. The molecule has 0 unspecified atom stereocenters. The Balaban J connectivity index is 1.59. The first-order valence-corrected chi connectivity index (χ1v) is 10.1. The molecule has 0 aliphatic rings. The fourth-order valence-electron chi connectivity index (χ4n) is 3.26. The molecule has 140 valence electrons. The molecule has 0 saturated heterocycles. The van der Waals surface area contributed by atoms with E-state index >= 15 is 0 Å². The van der Waals surface area contributed by atoms with Gasteiger partial charge in [0.25, 0.3) is 10.8 Å². The van der Waals surface area contributed by atoms with Gasteiger partial charge in [-0.2, -0.15) is 0 Å². The zero-order chi connectivity index (χ0) is 19.3.